The van der Waals surface area contributed by atoms with Gasteiger partial charge in [-0.25, -0.2) is 5.26 Å². The molecule has 0 spiro atoms. The zero-order valence-corrected chi connectivity index (χ0v) is 21.5. The molecule has 2 aromatic heterocycles. The number of rotatable bonds is 2. The molecule has 0 aliphatic carbocycles. The van der Waals surface area contributed by atoms with Gasteiger partial charge in [0.05, 0.1) is 5.82 Å². The monoisotopic (exact) mass is 642 g/mol. The molecule has 6 rings (SSSR count). The van der Waals surface area contributed by atoms with Crippen LogP contribution in [0.25, 0.3) is 38.6 Å². The molecular formula is C30H19IrN5-2. The molecule has 3 aromatic carbocycles. The maximum Gasteiger partial charge on any atom is 0.236 e. The Balaban J connectivity index is 0.000000185. The van der Waals surface area contributed by atoms with E-state index in [2.05, 4.69) is 37.6 Å². The van der Waals surface area contributed by atoms with Crippen molar-refractivity contribution in [2.75, 3.05) is 0 Å². The van der Waals surface area contributed by atoms with Crippen LogP contribution < -0.4 is 0 Å². The summed E-state index contributed by atoms with van der Waals surface area (Å²) in [5.41, 5.74) is 6.75. The molecule has 0 atom stereocenters. The fourth-order valence-electron chi connectivity index (χ4n) is 4.07. The average Bonchev–Trinajstić information content (AvgIpc) is 3.43. The van der Waals surface area contributed by atoms with Gasteiger partial charge in [-0.15, -0.1) is 47.5 Å². The third-order valence-corrected chi connectivity index (χ3v) is 5.80. The zero-order valence-electron chi connectivity index (χ0n) is 19.1. The van der Waals surface area contributed by atoms with E-state index in [1.165, 1.54) is 11.1 Å². The normalized spacial score (nSPS) is 10.8. The second-order valence-electron chi connectivity index (χ2n) is 7.93. The zero-order chi connectivity index (χ0) is 24.0. The van der Waals surface area contributed by atoms with Crippen molar-refractivity contribution in [1.29, 1.82) is 5.26 Å². The molecule has 5 nitrogen and oxygen atoms in total. The Bertz CT molecular complexity index is 1580. The number of nitriles is 1. The smallest absolute Gasteiger partial charge is 0.236 e. The summed E-state index contributed by atoms with van der Waals surface area (Å²) in [5, 5.41) is 8.92. The summed E-state index contributed by atoms with van der Waals surface area (Å²) < 4.78 is 2.18. The first kappa shape index (κ1) is 24.8. The fraction of sp³-hybridized carbons (Fsp3) is 0.0667. The van der Waals surface area contributed by atoms with Crippen molar-refractivity contribution >= 4 is 5.69 Å². The molecule has 1 radical (unpaired) electrons. The maximum atomic E-state index is 8.92. The summed E-state index contributed by atoms with van der Waals surface area (Å²) in [7, 11) is 0. The Kier molecular flexibility index (Phi) is 7.83. The van der Waals surface area contributed by atoms with E-state index in [0.29, 0.717) is 22.5 Å². The van der Waals surface area contributed by atoms with E-state index in [1.807, 2.05) is 73.1 Å². The molecule has 0 saturated carbocycles. The Morgan fingerprint density at radius 2 is 1.81 bits per heavy atom. The van der Waals surface area contributed by atoms with Crippen molar-refractivity contribution in [2.24, 2.45) is 0 Å². The van der Waals surface area contributed by atoms with Crippen LogP contribution in [0.1, 0.15) is 11.1 Å². The first-order valence-electron chi connectivity index (χ1n) is 11.1. The SMILES string of the molecule is [C-]#[N+]c1cc(C#N)c[c-]c1-c1cc(-c2ccccc2)ccn1.[Ir].[c-]1cccc2c1-c1nccn1CC2. The number of fused-ring (bicyclic) bond motifs is 3. The summed E-state index contributed by atoms with van der Waals surface area (Å²) in [6.45, 7) is 8.33. The number of nitrogens with zero attached hydrogens (tertiary/aromatic N) is 5. The van der Waals surface area contributed by atoms with Crippen molar-refractivity contribution in [3.05, 3.63) is 126 Å². The molecule has 6 heteroatoms. The largest absolute Gasteiger partial charge is 0.371 e. The van der Waals surface area contributed by atoms with Crippen LogP contribution in [0.2, 0.25) is 0 Å². The Hall–Kier alpha value is -4.35. The predicted molar refractivity (Wildman–Crippen MR) is 135 cm³/mol. The van der Waals surface area contributed by atoms with E-state index < -0.39 is 0 Å². The van der Waals surface area contributed by atoms with E-state index in [9.17, 15) is 0 Å². The molecule has 0 amide bonds. The van der Waals surface area contributed by atoms with Crippen LogP contribution in [0.4, 0.5) is 5.69 Å². The van der Waals surface area contributed by atoms with Gasteiger partial charge in [-0.1, -0.05) is 36.4 Å². The van der Waals surface area contributed by atoms with Crippen molar-refractivity contribution in [3.63, 3.8) is 0 Å². The van der Waals surface area contributed by atoms with Crippen LogP contribution in [0, 0.1) is 30.0 Å². The third kappa shape index (κ3) is 5.16. The van der Waals surface area contributed by atoms with Crippen LogP contribution in [0.3, 0.4) is 0 Å². The van der Waals surface area contributed by atoms with Gasteiger partial charge in [0.1, 0.15) is 6.57 Å². The minimum atomic E-state index is 0. The van der Waals surface area contributed by atoms with Gasteiger partial charge in [0, 0.05) is 51.3 Å². The number of hydrogen-bond donors (Lipinski definition) is 0. The van der Waals surface area contributed by atoms with Crippen molar-refractivity contribution < 1.29 is 20.1 Å². The molecule has 0 saturated heterocycles. The average molecular weight is 642 g/mol. The van der Waals surface area contributed by atoms with Gasteiger partial charge >= 0.3 is 0 Å². The van der Waals surface area contributed by atoms with Gasteiger partial charge in [0.25, 0.3) is 0 Å². The Morgan fingerprint density at radius 3 is 2.61 bits per heavy atom. The predicted octanol–water partition coefficient (Wildman–Crippen LogP) is 6.54. The minimum absolute atomic E-state index is 0. The number of aryl methyl sites for hydroxylation is 2. The molecule has 5 aromatic rings. The summed E-state index contributed by atoms with van der Waals surface area (Å²) in [6.07, 6.45) is 6.69. The first-order chi connectivity index (χ1) is 17.3. The third-order valence-electron chi connectivity index (χ3n) is 5.80. The first-order valence-corrected chi connectivity index (χ1v) is 11.1. The summed E-state index contributed by atoms with van der Waals surface area (Å²) in [5.74, 6) is 1.06. The standard InChI is InChI=1S/C19H10N3.C11H9N2.Ir/c1-21-18-11-14(13-20)7-8-17(18)19-12-16(9-10-22-19)15-5-3-2-4-6-15;1-2-4-10-9(3-1)5-7-13-8-6-12-11(10)13;/h2-7,9-12H;1-3,6,8H,5,7H2;/q2*-1;. The summed E-state index contributed by atoms with van der Waals surface area (Å²) >= 11 is 0. The second kappa shape index (κ2) is 11.4. The summed E-state index contributed by atoms with van der Waals surface area (Å²) in [6, 6.07) is 31.4. The number of hydrogen-bond acceptors (Lipinski definition) is 3. The number of benzene rings is 3. The van der Waals surface area contributed by atoms with E-state index in [0.717, 1.165) is 29.9 Å². The molecule has 175 valence electrons. The van der Waals surface area contributed by atoms with E-state index in [-0.39, 0.29) is 20.1 Å². The van der Waals surface area contributed by atoms with Crippen LogP contribution in [-0.4, -0.2) is 14.5 Å². The van der Waals surface area contributed by atoms with Gasteiger partial charge in [0.15, 0.2) is 0 Å². The summed E-state index contributed by atoms with van der Waals surface area (Å²) in [4.78, 5) is 12.2. The molecule has 3 heterocycles. The molecule has 0 N–H and O–H groups in total. The van der Waals surface area contributed by atoms with Gasteiger partial charge in [-0.3, -0.25) is 4.98 Å². The number of imidazole rings is 1. The topological polar surface area (TPSA) is 58.9 Å². The van der Waals surface area contributed by atoms with Crippen molar-refractivity contribution in [2.45, 2.75) is 13.0 Å². The fourth-order valence-corrected chi connectivity index (χ4v) is 4.07. The van der Waals surface area contributed by atoms with E-state index in [1.54, 1.807) is 18.3 Å². The molecule has 1 aliphatic heterocycles. The molecule has 0 fully saturated rings. The van der Waals surface area contributed by atoms with Crippen LogP contribution >= 0.6 is 0 Å². The van der Waals surface area contributed by atoms with Crippen LogP contribution in [0.5, 0.6) is 0 Å². The number of pyridine rings is 1. The van der Waals surface area contributed by atoms with Crippen molar-refractivity contribution in [3.8, 4) is 39.8 Å². The molecule has 1 aliphatic rings. The van der Waals surface area contributed by atoms with Gasteiger partial charge in [-0.2, -0.15) is 4.85 Å². The van der Waals surface area contributed by atoms with Gasteiger partial charge in [0.2, 0.25) is 5.69 Å². The molecule has 36 heavy (non-hydrogen) atoms. The van der Waals surface area contributed by atoms with Crippen molar-refractivity contribution in [1.82, 2.24) is 14.5 Å². The second-order valence-corrected chi connectivity index (χ2v) is 7.93. The van der Waals surface area contributed by atoms with Gasteiger partial charge < -0.3 is 9.55 Å². The quantitative estimate of drug-likeness (QED) is 0.206. The van der Waals surface area contributed by atoms with Crippen LogP contribution in [0.15, 0.2) is 91.4 Å². The van der Waals surface area contributed by atoms with E-state index in [4.69, 9.17) is 11.8 Å². The number of aromatic nitrogens is 3. The van der Waals surface area contributed by atoms with Crippen LogP contribution in [-0.2, 0) is 33.1 Å². The Labute approximate surface area is 223 Å². The molecular weight excluding hydrogens is 623 g/mol. The maximum absolute atomic E-state index is 8.92. The molecule has 0 unspecified atom stereocenters. The minimum Gasteiger partial charge on any atom is -0.371 e. The Morgan fingerprint density at radius 1 is 0.944 bits per heavy atom. The van der Waals surface area contributed by atoms with Gasteiger partial charge in [-0.05, 0) is 46.5 Å². The molecule has 0 bridgehead atoms. The van der Waals surface area contributed by atoms with E-state index >= 15 is 0 Å².